The smallest absolute Gasteiger partial charge is 0.0972 e. The van der Waals surface area contributed by atoms with Crippen molar-refractivity contribution < 1.29 is 0 Å². The summed E-state index contributed by atoms with van der Waals surface area (Å²) in [5, 5.41) is 8.42. The third-order valence-electron chi connectivity index (χ3n) is 6.65. The molecule has 0 radical (unpaired) electrons. The number of aromatic nitrogens is 2. The van der Waals surface area contributed by atoms with Crippen molar-refractivity contribution in [3.05, 3.63) is 121 Å². The van der Waals surface area contributed by atoms with Gasteiger partial charge in [0.1, 0.15) is 0 Å². The lowest BCUT2D eigenvalue weighted by Gasteiger charge is -2.13. The topological polar surface area (TPSA) is 25.8 Å². The molecule has 2 aromatic heterocycles. The zero-order chi connectivity index (χ0) is 22.5. The number of para-hydroxylation sites is 1. The van der Waals surface area contributed by atoms with Crippen LogP contribution in [0.15, 0.2) is 121 Å². The van der Waals surface area contributed by atoms with Crippen LogP contribution in [-0.2, 0) is 0 Å². The van der Waals surface area contributed by atoms with E-state index < -0.39 is 0 Å². The largest absolute Gasteiger partial charge is 0.246 e. The SMILES string of the molecule is c1cc(-c2cccc3ccccc23)nc(-c2nc3ccccc3c3c2ccc2ccccc23)c1. The molecule has 34 heavy (non-hydrogen) atoms. The van der Waals surface area contributed by atoms with Crippen molar-refractivity contribution in [2.75, 3.05) is 0 Å². The average Bonchev–Trinajstić information content (AvgIpc) is 2.92. The molecular weight excluding hydrogens is 412 g/mol. The monoisotopic (exact) mass is 432 g/mol. The van der Waals surface area contributed by atoms with Crippen molar-refractivity contribution >= 4 is 43.2 Å². The highest BCUT2D eigenvalue weighted by atomic mass is 14.8. The van der Waals surface area contributed by atoms with Crippen molar-refractivity contribution in [3.8, 4) is 22.6 Å². The standard InChI is InChI=1S/C32H20N2/c1-3-12-23-21(9-1)11-7-15-25(23)28-17-8-18-30(33-28)32-27-20-19-22-10-2-4-13-24(22)31(27)26-14-5-6-16-29(26)34-32/h1-20H. The number of pyridine rings is 2. The predicted octanol–water partition coefficient (Wildman–Crippen LogP) is 8.42. The highest BCUT2D eigenvalue weighted by Gasteiger charge is 2.15. The lowest BCUT2D eigenvalue weighted by Crippen LogP contribution is -1.94. The van der Waals surface area contributed by atoms with Gasteiger partial charge in [-0.15, -0.1) is 0 Å². The maximum absolute atomic E-state index is 5.14. The van der Waals surface area contributed by atoms with E-state index in [-0.39, 0.29) is 0 Å². The van der Waals surface area contributed by atoms with Gasteiger partial charge in [0, 0.05) is 21.7 Å². The van der Waals surface area contributed by atoms with Crippen LogP contribution in [0.3, 0.4) is 0 Å². The molecule has 0 aliphatic rings. The van der Waals surface area contributed by atoms with E-state index in [1.54, 1.807) is 0 Å². The Morgan fingerprint density at radius 3 is 1.91 bits per heavy atom. The number of fused-ring (bicyclic) bond motifs is 6. The van der Waals surface area contributed by atoms with Gasteiger partial charge in [-0.3, -0.25) is 0 Å². The van der Waals surface area contributed by atoms with E-state index >= 15 is 0 Å². The fourth-order valence-electron chi connectivity index (χ4n) is 5.08. The van der Waals surface area contributed by atoms with E-state index in [0.717, 1.165) is 33.5 Å². The van der Waals surface area contributed by atoms with Crippen LogP contribution in [0.2, 0.25) is 0 Å². The molecule has 2 heterocycles. The van der Waals surface area contributed by atoms with Crippen LogP contribution in [-0.4, -0.2) is 9.97 Å². The summed E-state index contributed by atoms with van der Waals surface area (Å²) in [6.45, 7) is 0. The van der Waals surface area contributed by atoms with E-state index in [1.807, 2.05) is 0 Å². The van der Waals surface area contributed by atoms with Crippen molar-refractivity contribution in [1.29, 1.82) is 0 Å². The lowest BCUT2D eigenvalue weighted by atomic mass is 9.96. The summed E-state index contributed by atoms with van der Waals surface area (Å²) >= 11 is 0. The van der Waals surface area contributed by atoms with Crippen LogP contribution in [0.1, 0.15) is 0 Å². The van der Waals surface area contributed by atoms with Crippen LogP contribution in [0.25, 0.3) is 65.9 Å². The first-order valence-electron chi connectivity index (χ1n) is 11.5. The average molecular weight is 433 g/mol. The van der Waals surface area contributed by atoms with Crippen molar-refractivity contribution in [1.82, 2.24) is 9.97 Å². The number of nitrogens with zero attached hydrogens (tertiary/aromatic N) is 2. The Kier molecular flexibility index (Phi) is 4.18. The van der Waals surface area contributed by atoms with Gasteiger partial charge in [0.2, 0.25) is 0 Å². The molecule has 2 nitrogen and oxygen atoms in total. The number of hydrogen-bond acceptors (Lipinski definition) is 2. The van der Waals surface area contributed by atoms with Crippen LogP contribution in [0.4, 0.5) is 0 Å². The summed E-state index contributed by atoms with van der Waals surface area (Å²) in [6.07, 6.45) is 0. The Bertz CT molecular complexity index is 1850. The van der Waals surface area contributed by atoms with Crippen LogP contribution < -0.4 is 0 Å². The molecular formula is C32H20N2. The summed E-state index contributed by atoms with van der Waals surface area (Å²) in [5.41, 5.74) is 4.88. The van der Waals surface area contributed by atoms with E-state index in [9.17, 15) is 0 Å². The first-order chi connectivity index (χ1) is 16.9. The Labute approximate surface area is 197 Å². The van der Waals surface area contributed by atoms with Crippen LogP contribution >= 0.6 is 0 Å². The molecule has 158 valence electrons. The van der Waals surface area contributed by atoms with Gasteiger partial charge >= 0.3 is 0 Å². The molecule has 0 atom stereocenters. The van der Waals surface area contributed by atoms with Crippen LogP contribution in [0.5, 0.6) is 0 Å². The minimum atomic E-state index is 0.886. The second-order valence-electron chi connectivity index (χ2n) is 8.62. The molecule has 5 aromatic carbocycles. The molecule has 0 unspecified atom stereocenters. The minimum absolute atomic E-state index is 0.886. The third kappa shape index (κ3) is 2.89. The minimum Gasteiger partial charge on any atom is -0.246 e. The van der Waals surface area contributed by atoms with Gasteiger partial charge in [0.25, 0.3) is 0 Å². The van der Waals surface area contributed by atoms with E-state index in [4.69, 9.17) is 9.97 Å². The molecule has 2 heteroatoms. The highest BCUT2D eigenvalue weighted by molar-refractivity contribution is 6.22. The Morgan fingerprint density at radius 2 is 1.03 bits per heavy atom. The predicted molar refractivity (Wildman–Crippen MR) is 143 cm³/mol. The Balaban J connectivity index is 1.54. The molecule has 0 saturated heterocycles. The van der Waals surface area contributed by atoms with Gasteiger partial charge in [-0.25, -0.2) is 9.97 Å². The van der Waals surface area contributed by atoms with Crippen LogP contribution in [0, 0.1) is 0 Å². The van der Waals surface area contributed by atoms with E-state index in [1.165, 1.54) is 32.3 Å². The first kappa shape index (κ1) is 19.0. The maximum Gasteiger partial charge on any atom is 0.0972 e. The number of benzene rings is 5. The highest BCUT2D eigenvalue weighted by Crippen LogP contribution is 2.37. The van der Waals surface area contributed by atoms with Gasteiger partial charge in [0.05, 0.1) is 22.6 Å². The molecule has 0 aliphatic carbocycles. The Morgan fingerprint density at radius 1 is 0.382 bits per heavy atom. The summed E-state index contributed by atoms with van der Waals surface area (Å²) in [7, 11) is 0. The molecule has 0 fully saturated rings. The lowest BCUT2D eigenvalue weighted by molar-refractivity contribution is 1.29. The fourth-order valence-corrected chi connectivity index (χ4v) is 5.08. The fraction of sp³-hybridized carbons (Fsp3) is 0. The molecule has 0 N–H and O–H groups in total. The first-order valence-corrected chi connectivity index (χ1v) is 11.5. The summed E-state index contributed by atoms with van der Waals surface area (Å²) in [4.78, 5) is 10.3. The summed E-state index contributed by atoms with van der Waals surface area (Å²) in [6, 6.07) is 42.4. The summed E-state index contributed by atoms with van der Waals surface area (Å²) in [5.74, 6) is 0. The summed E-state index contributed by atoms with van der Waals surface area (Å²) < 4.78 is 0. The van der Waals surface area contributed by atoms with Gasteiger partial charge < -0.3 is 0 Å². The van der Waals surface area contributed by atoms with Gasteiger partial charge in [-0.1, -0.05) is 103 Å². The van der Waals surface area contributed by atoms with Crippen molar-refractivity contribution in [3.63, 3.8) is 0 Å². The molecule has 0 saturated carbocycles. The zero-order valence-electron chi connectivity index (χ0n) is 18.4. The quantitative estimate of drug-likeness (QED) is 0.256. The second-order valence-corrected chi connectivity index (χ2v) is 8.62. The third-order valence-corrected chi connectivity index (χ3v) is 6.65. The molecule has 7 rings (SSSR count). The zero-order valence-corrected chi connectivity index (χ0v) is 18.4. The Hall–Kier alpha value is -4.56. The number of hydrogen-bond donors (Lipinski definition) is 0. The number of rotatable bonds is 2. The molecule has 7 aromatic rings. The molecule has 0 aliphatic heterocycles. The molecule has 0 spiro atoms. The molecule has 0 amide bonds. The molecule has 0 bridgehead atoms. The van der Waals surface area contributed by atoms with E-state index in [0.29, 0.717) is 0 Å². The van der Waals surface area contributed by atoms with Gasteiger partial charge in [0.15, 0.2) is 0 Å². The van der Waals surface area contributed by atoms with Crippen molar-refractivity contribution in [2.45, 2.75) is 0 Å². The van der Waals surface area contributed by atoms with Gasteiger partial charge in [-0.05, 0) is 39.7 Å². The maximum atomic E-state index is 5.14. The normalized spacial score (nSPS) is 11.5. The van der Waals surface area contributed by atoms with Gasteiger partial charge in [-0.2, -0.15) is 0 Å². The second kappa shape index (κ2) is 7.50. The van der Waals surface area contributed by atoms with E-state index in [2.05, 4.69) is 121 Å². The van der Waals surface area contributed by atoms with Crippen molar-refractivity contribution in [2.24, 2.45) is 0 Å².